The Bertz CT molecular complexity index is 435. The van der Waals surface area contributed by atoms with Gasteiger partial charge in [-0.05, 0) is 24.3 Å². The van der Waals surface area contributed by atoms with Gasteiger partial charge in [0.1, 0.15) is 0 Å². The molecule has 1 aromatic rings. The predicted octanol–water partition coefficient (Wildman–Crippen LogP) is 2.94. The number of phenols is 1. The quantitative estimate of drug-likeness (QED) is 0.691. The van der Waals surface area contributed by atoms with Gasteiger partial charge in [0, 0.05) is 36.3 Å². The molecule has 0 spiro atoms. The van der Waals surface area contributed by atoms with E-state index < -0.39 is 0 Å². The SMILES string of the molecule is COc1cc(Cl)cc(CNCC(C)(C)CCCO)c1O. The van der Waals surface area contributed by atoms with Crippen LogP contribution in [-0.4, -0.2) is 30.5 Å². The van der Waals surface area contributed by atoms with E-state index in [0.29, 0.717) is 22.9 Å². The standard InChI is InChI=1S/C15H24ClNO3/c1-15(2,5-4-6-18)10-17-9-11-7-12(16)8-13(20-3)14(11)19/h7-8,17-19H,4-6,9-10H2,1-3H3. The normalized spacial score (nSPS) is 11.7. The van der Waals surface area contributed by atoms with E-state index in [0.717, 1.165) is 19.4 Å². The lowest BCUT2D eigenvalue weighted by Crippen LogP contribution is -2.29. The summed E-state index contributed by atoms with van der Waals surface area (Å²) in [5.74, 6) is 0.506. The summed E-state index contributed by atoms with van der Waals surface area (Å²) in [5.41, 5.74) is 0.813. The molecule has 4 nitrogen and oxygen atoms in total. The van der Waals surface area contributed by atoms with Crippen LogP contribution in [0.3, 0.4) is 0 Å². The fraction of sp³-hybridized carbons (Fsp3) is 0.600. The molecule has 0 aromatic heterocycles. The minimum Gasteiger partial charge on any atom is -0.504 e. The summed E-state index contributed by atoms with van der Waals surface area (Å²) in [6.45, 7) is 5.82. The molecule has 0 aliphatic carbocycles. The number of aromatic hydroxyl groups is 1. The summed E-state index contributed by atoms with van der Waals surface area (Å²) in [5, 5.41) is 22.8. The van der Waals surface area contributed by atoms with Crippen LogP contribution in [0.2, 0.25) is 5.02 Å². The van der Waals surface area contributed by atoms with E-state index in [1.807, 2.05) is 0 Å². The van der Waals surface area contributed by atoms with E-state index in [1.54, 1.807) is 12.1 Å². The van der Waals surface area contributed by atoms with Crippen LogP contribution in [0, 0.1) is 5.41 Å². The van der Waals surface area contributed by atoms with Crippen LogP contribution in [0.15, 0.2) is 12.1 Å². The van der Waals surface area contributed by atoms with Gasteiger partial charge in [0.05, 0.1) is 7.11 Å². The van der Waals surface area contributed by atoms with Crippen molar-refractivity contribution in [3.8, 4) is 11.5 Å². The van der Waals surface area contributed by atoms with E-state index >= 15 is 0 Å². The topological polar surface area (TPSA) is 61.7 Å². The van der Waals surface area contributed by atoms with Crippen LogP contribution in [-0.2, 0) is 6.54 Å². The highest BCUT2D eigenvalue weighted by atomic mass is 35.5. The molecule has 3 N–H and O–H groups in total. The molecular formula is C15H24ClNO3. The summed E-state index contributed by atoms with van der Waals surface area (Å²) >= 11 is 5.99. The van der Waals surface area contributed by atoms with Crippen molar-refractivity contribution in [3.05, 3.63) is 22.7 Å². The second-order valence-corrected chi connectivity index (χ2v) is 6.15. The number of hydrogen-bond donors (Lipinski definition) is 3. The van der Waals surface area contributed by atoms with E-state index in [4.69, 9.17) is 21.4 Å². The van der Waals surface area contributed by atoms with E-state index in [2.05, 4.69) is 19.2 Å². The van der Waals surface area contributed by atoms with E-state index in [-0.39, 0.29) is 17.8 Å². The molecule has 20 heavy (non-hydrogen) atoms. The fourth-order valence-electron chi connectivity index (χ4n) is 2.10. The van der Waals surface area contributed by atoms with Gasteiger partial charge in [-0.3, -0.25) is 0 Å². The zero-order valence-electron chi connectivity index (χ0n) is 12.4. The minimum atomic E-state index is 0.0982. The number of methoxy groups -OCH3 is 1. The largest absolute Gasteiger partial charge is 0.504 e. The number of phenolic OH excluding ortho intramolecular Hbond substituents is 1. The third-order valence-corrected chi connectivity index (χ3v) is 3.49. The second kappa shape index (κ2) is 7.72. The predicted molar refractivity (Wildman–Crippen MR) is 81.5 cm³/mol. The maximum atomic E-state index is 10.0. The Morgan fingerprint density at radius 2 is 2.05 bits per heavy atom. The van der Waals surface area contributed by atoms with Gasteiger partial charge in [-0.25, -0.2) is 0 Å². The van der Waals surface area contributed by atoms with Gasteiger partial charge in [0.2, 0.25) is 0 Å². The Hall–Kier alpha value is -0.970. The number of aliphatic hydroxyl groups excluding tert-OH is 1. The van der Waals surface area contributed by atoms with Gasteiger partial charge < -0.3 is 20.3 Å². The molecule has 0 bridgehead atoms. The lowest BCUT2D eigenvalue weighted by Gasteiger charge is -2.25. The first kappa shape index (κ1) is 17.1. The number of benzene rings is 1. The molecule has 1 rings (SSSR count). The smallest absolute Gasteiger partial charge is 0.162 e. The van der Waals surface area contributed by atoms with Crippen molar-refractivity contribution in [1.29, 1.82) is 0 Å². The molecule has 0 fully saturated rings. The first-order valence-corrected chi connectivity index (χ1v) is 7.14. The van der Waals surface area contributed by atoms with Crippen LogP contribution in [0.1, 0.15) is 32.3 Å². The molecule has 0 saturated heterocycles. The van der Waals surface area contributed by atoms with Crippen molar-refractivity contribution in [2.24, 2.45) is 5.41 Å². The van der Waals surface area contributed by atoms with Crippen molar-refractivity contribution in [2.75, 3.05) is 20.3 Å². The Morgan fingerprint density at radius 1 is 1.35 bits per heavy atom. The number of rotatable bonds is 8. The molecule has 0 aliphatic rings. The Balaban J connectivity index is 2.60. The zero-order chi connectivity index (χ0) is 15.2. The highest BCUT2D eigenvalue weighted by molar-refractivity contribution is 6.30. The molecule has 0 amide bonds. The van der Waals surface area contributed by atoms with Crippen LogP contribution in [0.4, 0.5) is 0 Å². The monoisotopic (exact) mass is 301 g/mol. The Kier molecular flexibility index (Phi) is 6.59. The maximum Gasteiger partial charge on any atom is 0.162 e. The second-order valence-electron chi connectivity index (χ2n) is 5.71. The van der Waals surface area contributed by atoms with Gasteiger partial charge in [0.25, 0.3) is 0 Å². The van der Waals surface area contributed by atoms with Crippen LogP contribution in [0.5, 0.6) is 11.5 Å². The van der Waals surface area contributed by atoms with Gasteiger partial charge in [-0.1, -0.05) is 25.4 Å². The van der Waals surface area contributed by atoms with Crippen LogP contribution < -0.4 is 10.1 Å². The number of aliphatic hydroxyl groups is 1. The summed E-state index contributed by atoms with van der Waals surface area (Å²) < 4.78 is 5.08. The van der Waals surface area contributed by atoms with Crippen LogP contribution in [0.25, 0.3) is 0 Å². The summed E-state index contributed by atoms with van der Waals surface area (Å²) in [6, 6.07) is 3.32. The Labute approximate surface area is 125 Å². The maximum absolute atomic E-state index is 10.0. The Morgan fingerprint density at radius 3 is 2.65 bits per heavy atom. The molecule has 0 aliphatic heterocycles. The summed E-state index contributed by atoms with van der Waals surface area (Å²) in [6.07, 6.45) is 1.74. The molecule has 0 saturated carbocycles. The molecule has 5 heteroatoms. The van der Waals surface area contributed by atoms with E-state index in [1.165, 1.54) is 7.11 Å². The van der Waals surface area contributed by atoms with Crippen molar-refractivity contribution in [1.82, 2.24) is 5.32 Å². The molecule has 1 aromatic carbocycles. The average molecular weight is 302 g/mol. The lowest BCUT2D eigenvalue weighted by atomic mass is 9.88. The van der Waals surface area contributed by atoms with Crippen molar-refractivity contribution >= 4 is 11.6 Å². The highest BCUT2D eigenvalue weighted by Gasteiger charge is 2.17. The molecule has 0 heterocycles. The number of halogens is 1. The zero-order valence-corrected chi connectivity index (χ0v) is 13.1. The molecule has 0 atom stereocenters. The lowest BCUT2D eigenvalue weighted by molar-refractivity contribution is 0.236. The average Bonchev–Trinajstić information content (AvgIpc) is 2.39. The minimum absolute atomic E-state index is 0.0982. The van der Waals surface area contributed by atoms with Crippen molar-refractivity contribution in [2.45, 2.75) is 33.2 Å². The van der Waals surface area contributed by atoms with Crippen molar-refractivity contribution in [3.63, 3.8) is 0 Å². The first-order valence-electron chi connectivity index (χ1n) is 6.76. The van der Waals surface area contributed by atoms with Gasteiger partial charge in [-0.2, -0.15) is 0 Å². The highest BCUT2D eigenvalue weighted by Crippen LogP contribution is 2.33. The number of hydrogen-bond acceptors (Lipinski definition) is 4. The number of nitrogens with one attached hydrogen (secondary N) is 1. The molecular weight excluding hydrogens is 278 g/mol. The summed E-state index contributed by atoms with van der Waals surface area (Å²) in [4.78, 5) is 0. The van der Waals surface area contributed by atoms with Gasteiger partial charge >= 0.3 is 0 Å². The number of ether oxygens (including phenoxy) is 1. The third-order valence-electron chi connectivity index (χ3n) is 3.27. The van der Waals surface area contributed by atoms with E-state index in [9.17, 15) is 5.11 Å². The van der Waals surface area contributed by atoms with Crippen molar-refractivity contribution < 1.29 is 14.9 Å². The molecule has 114 valence electrons. The van der Waals surface area contributed by atoms with Gasteiger partial charge in [0.15, 0.2) is 11.5 Å². The molecule has 0 radical (unpaired) electrons. The summed E-state index contributed by atoms with van der Waals surface area (Å²) in [7, 11) is 1.50. The van der Waals surface area contributed by atoms with Crippen LogP contribution >= 0.6 is 11.6 Å². The third kappa shape index (κ3) is 5.19. The first-order chi connectivity index (χ1) is 9.39. The van der Waals surface area contributed by atoms with Gasteiger partial charge in [-0.15, -0.1) is 0 Å². The molecule has 0 unspecified atom stereocenters. The fourth-order valence-corrected chi connectivity index (χ4v) is 2.33.